The van der Waals surface area contributed by atoms with Gasteiger partial charge in [-0.05, 0) is 120 Å². The van der Waals surface area contributed by atoms with Gasteiger partial charge < -0.3 is 20.7 Å². The SMILES string of the molecule is CC1(C)CC(C(c2ccc(Cl)cc2)C(NCC2CC2)C(=O)N[C@H]2CCC[C@@H]2CC[C@H]2CN[C@@H]3CCCS(=O)(=O)N2C3)CCO1. The van der Waals surface area contributed by atoms with Crippen LogP contribution >= 0.6 is 11.6 Å². The van der Waals surface area contributed by atoms with E-state index in [-0.39, 0.29) is 47.3 Å². The minimum absolute atomic E-state index is 0.00502. The molecule has 0 radical (unpaired) electrons. The van der Waals surface area contributed by atoms with E-state index in [0.29, 0.717) is 35.9 Å². The molecule has 246 valence electrons. The van der Waals surface area contributed by atoms with Crippen molar-refractivity contribution in [3.8, 4) is 0 Å². The third kappa shape index (κ3) is 8.00. The monoisotopic (exact) mass is 648 g/mol. The van der Waals surface area contributed by atoms with Crippen LogP contribution in [0.4, 0.5) is 0 Å². The molecule has 1 aromatic rings. The molecule has 44 heavy (non-hydrogen) atoms. The van der Waals surface area contributed by atoms with Crippen molar-refractivity contribution in [2.75, 3.05) is 32.0 Å². The summed E-state index contributed by atoms with van der Waals surface area (Å²) in [5, 5.41) is 11.6. The summed E-state index contributed by atoms with van der Waals surface area (Å²) in [7, 11) is -3.20. The predicted octanol–water partition coefficient (Wildman–Crippen LogP) is 4.83. The summed E-state index contributed by atoms with van der Waals surface area (Å²) in [5.74, 6) is 1.71. The Labute approximate surface area is 269 Å². The van der Waals surface area contributed by atoms with Gasteiger partial charge in [0.05, 0.1) is 17.4 Å². The lowest BCUT2D eigenvalue weighted by atomic mass is 9.73. The number of hydrogen-bond acceptors (Lipinski definition) is 6. The fourth-order valence-electron chi connectivity index (χ4n) is 8.50. The summed E-state index contributed by atoms with van der Waals surface area (Å²) in [4.78, 5) is 14.4. The number of rotatable bonds is 11. The van der Waals surface area contributed by atoms with Crippen LogP contribution in [-0.2, 0) is 19.6 Å². The van der Waals surface area contributed by atoms with Crippen molar-refractivity contribution in [3.63, 3.8) is 0 Å². The van der Waals surface area contributed by atoms with Crippen molar-refractivity contribution in [3.05, 3.63) is 34.9 Å². The largest absolute Gasteiger partial charge is 0.376 e. The first-order chi connectivity index (χ1) is 21.1. The molecule has 3 heterocycles. The average molecular weight is 649 g/mol. The summed E-state index contributed by atoms with van der Waals surface area (Å²) < 4.78 is 33.9. The van der Waals surface area contributed by atoms with Gasteiger partial charge in [0.2, 0.25) is 15.9 Å². The standard InChI is InChI=1S/C34H53ClN4O4S/c1-34(2)19-26(16-17-43-34)31(25-10-13-27(35)14-11-25)32(37-20-23-8-9-23)33(40)38-30-7-3-5-24(30)12-15-29-21-36-28-6-4-18-44(41,42)39(29)22-28/h10-11,13-14,23-24,26,28-32,36-37H,3-9,12,15-22H2,1-2H3,(H,38,40)/t24-,26?,28-,29+,30+,31?,32?/m1/s1. The van der Waals surface area contributed by atoms with E-state index in [9.17, 15) is 13.2 Å². The number of hydrogen-bond donors (Lipinski definition) is 3. The molecular formula is C34H53ClN4O4S. The number of amides is 1. The van der Waals surface area contributed by atoms with Crippen LogP contribution in [-0.4, -0.2) is 80.4 Å². The molecule has 2 aliphatic carbocycles. The van der Waals surface area contributed by atoms with Gasteiger partial charge in [-0.25, -0.2) is 8.42 Å². The number of benzene rings is 1. The molecule has 8 atom stereocenters. The van der Waals surface area contributed by atoms with Crippen LogP contribution < -0.4 is 16.0 Å². The smallest absolute Gasteiger partial charge is 0.238 e. The number of piperazine rings is 1. The molecule has 0 aromatic heterocycles. The van der Waals surface area contributed by atoms with Gasteiger partial charge in [0.15, 0.2) is 0 Å². The first kappa shape index (κ1) is 32.7. The van der Waals surface area contributed by atoms with Crippen LogP contribution in [0.2, 0.25) is 5.02 Å². The number of halogens is 1. The molecular weight excluding hydrogens is 596 g/mol. The fraction of sp³-hybridized carbons (Fsp3) is 0.794. The van der Waals surface area contributed by atoms with Crippen molar-refractivity contribution in [2.45, 2.75) is 120 Å². The number of sulfonamides is 1. The van der Waals surface area contributed by atoms with Crippen LogP contribution in [0.25, 0.3) is 0 Å². The van der Waals surface area contributed by atoms with Crippen molar-refractivity contribution >= 4 is 27.5 Å². The minimum Gasteiger partial charge on any atom is -0.376 e. The highest BCUT2D eigenvalue weighted by atomic mass is 35.5. The van der Waals surface area contributed by atoms with Crippen LogP contribution in [0, 0.1) is 17.8 Å². The van der Waals surface area contributed by atoms with Crippen LogP contribution in [0.15, 0.2) is 24.3 Å². The van der Waals surface area contributed by atoms with E-state index in [1.165, 1.54) is 12.8 Å². The van der Waals surface area contributed by atoms with Gasteiger partial charge >= 0.3 is 0 Å². The van der Waals surface area contributed by atoms with Gasteiger partial charge in [-0.3, -0.25) is 4.79 Å². The molecule has 10 heteroatoms. The molecule has 2 saturated carbocycles. The Morgan fingerprint density at radius 3 is 2.64 bits per heavy atom. The molecule has 3 aliphatic heterocycles. The summed E-state index contributed by atoms with van der Waals surface area (Å²) in [5.41, 5.74) is 0.932. The van der Waals surface area contributed by atoms with E-state index in [0.717, 1.165) is 76.4 Å². The van der Waals surface area contributed by atoms with Crippen molar-refractivity contribution in [1.82, 2.24) is 20.3 Å². The maximum atomic E-state index is 14.4. The number of fused-ring (bicyclic) bond motifs is 2. The molecule has 5 aliphatic rings. The molecule has 4 unspecified atom stereocenters. The molecule has 6 rings (SSSR count). The van der Waals surface area contributed by atoms with E-state index in [1.54, 1.807) is 4.31 Å². The predicted molar refractivity (Wildman–Crippen MR) is 175 cm³/mol. The normalized spacial score (nSPS) is 34.5. The maximum Gasteiger partial charge on any atom is 0.238 e. The van der Waals surface area contributed by atoms with E-state index in [1.807, 2.05) is 12.1 Å². The molecule has 3 saturated heterocycles. The Kier molecular flexibility index (Phi) is 10.3. The second-order valence-corrected chi connectivity index (χ2v) is 17.4. The third-order valence-corrected chi connectivity index (χ3v) is 13.3. The highest BCUT2D eigenvalue weighted by Crippen LogP contribution is 2.41. The maximum absolute atomic E-state index is 14.4. The summed E-state index contributed by atoms with van der Waals surface area (Å²) in [6.07, 6.45) is 10.9. The lowest BCUT2D eigenvalue weighted by Crippen LogP contribution is -2.57. The van der Waals surface area contributed by atoms with E-state index in [4.69, 9.17) is 16.3 Å². The van der Waals surface area contributed by atoms with Gasteiger partial charge in [0.1, 0.15) is 0 Å². The Balaban J connectivity index is 1.17. The zero-order valence-corrected chi connectivity index (χ0v) is 28.2. The second kappa shape index (κ2) is 13.9. The minimum atomic E-state index is -3.20. The van der Waals surface area contributed by atoms with Crippen LogP contribution in [0.3, 0.4) is 0 Å². The number of nitrogens with one attached hydrogen (secondary N) is 3. The fourth-order valence-corrected chi connectivity index (χ4v) is 10.4. The van der Waals surface area contributed by atoms with E-state index in [2.05, 4.69) is 41.9 Å². The molecule has 0 spiro atoms. The molecule has 3 N–H and O–H groups in total. The van der Waals surface area contributed by atoms with Crippen molar-refractivity contribution in [2.24, 2.45) is 17.8 Å². The molecule has 2 bridgehead atoms. The van der Waals surface area contributed by atoms with Crippen LogP contribution in [0.5, 0.6) is 0 Å². The second-order valence-electron chi connectivity index (χ2n) is 14.9. The Hall–Kier alpha value is -1.23. The van der Waals surface area contributed by atoms with Crippen molar-refractivity contribution in [1.29, 1.82) is 0 Å². The zero-order valence-electron chi connectivity index (χ0n) is 26.6. The summed E-state index contributed by atoms with van der Waals surface area (Å²) in [6.45, 7) is 7.21. The number of nitrogens with zero attached hydrogens (tertiary/aromatic N) is 1. The third-order valence-electron chi connectivity index (χ3n) is 11.1. The highest BCUT2D eigenvalue weighted by molar-refractivity contribution is 7.89. The quantitative estimate of drug-likeness (QED) is 0.318. The number of carbonyl (C=O) groups excluding carboxylic acids is 1. The zero-order chi connectivity index (χ0) is 30.9. The topological polar surface area (TPSA) is 99.8 Å². The lowest BCUT2D eigenvalue weighted by molar-refractivity contribution is -0.126. The van der Waals surface area contributed by atoms with Crippen molar-refractivity contribution < 1.29 is 17.9 Å². The summed E-state index contributed by atoms with van der Waals surface area (Å²) in [6, 6.07) is 8.17. The first-order valence-corrected chi connectivity index (χ1v) is 19.2. The van der Waals surface area contributed by atoms with Gasteiger partial charge in [0, 0.05) is 48.8 Å². The van der Waals surface area contributed by atoms with E-state index >= 15 is 0 Å². The van der Waals surface area contributed by atoms with E-state index < -0.39 is 10.0 Å². The van der Waals surface area contributed by atoms with Gasteiger partial charge in [-0.1, -0.05) is 30.2 Å². The molecule has 1 amide bonds. The Morgan fingerprint density at radius 1 is 1.09 bits per heavy atom. The number of carbonyl (C=O) groups is 1. The van der Waals surface area contributed by atoms with Crippen LogP contribution in [0.1, 0.15) is 96.0 Å². The first-order valence-electron chi connectivity index (χ1n) is 17.2. The molecule has 8 nitrogen and oxygen atoms in total. The highest BCUT2D eigenvalue weighted by Gasteiger charge is 2.43. The Bertz CT molecular complexity index is 1240. The van der Waals surface area contributed by atoms with Gasteiger partial charge in [0.25, 0.3) is 0 Å². The molecule has 1 aromatic carbocycles. The Morgan fingerprint density at radius 2 is 1.89 bits per heavy atom. The number of ether oxygens (including phenoxy) is 1. The van der Waals surface area contributed by atoms with Gasteiger partial charge in [-0.2, -0.15) is 4.31 Å². The summed E-state index contributed by atoms with van der Waals surface area (Å²) >= 11 is 6.31. The molecule has 5 fully saturated rings. The lowest BCUT2D eigenvalue weighted by Gasteiger charge is -2.42. The average Bonchev–Trinajstić information content (AvgIpc) is 3.73. The van der Waals surface area contributed by atoms with Gasteiger partial charge in [-0.15, -0.1) is 0 Å².